The molecule has 0 saturated carbocycles. The fourth-order valence-corrected chi connectivity index (χ4v) is 1.31. The molecule has 82 valence electrons. The first-order chi connectivity index (χ1) is 7.36. The smallest absolute Gasteiger partial charge is 0.297 e. The number of amides is 1. The maximum absolute atomic E-state index is 11.3. The number of nitrogens with one attached hydrogen (secondary N) is 1. The molecule has 1 amide bonds. The quantitative estimate of drug-likeness (QED) is 0.752. The highest BCUT2D eigenvalue weighted by Crippen LogP contribution is 2.12. The van der Waals surface area contributed by atoms with Crippen molar-refractivity contribution in [2.45, 2.75) is 25.6 Å². The van der Waals surface area contributed by atoms with Crippen molar-refractivity contribution >= 4 is 5.91 Å². The van der Waals surface area contributed by atoms with Gasteiger partial charge in [-0.2, -0.15) is 0 Å². The lowest BCUT2D eigenvalue weighted by Crippen LogP contribution is -2.33. The first-order valence-electron chi connectivity index (χ1n) is 4.84. The maximum Gasteiger partial charge on any atom is 0.297 e. The third-order valence-corrected chi connectivity index (χ3v) is 2.09. The van der Waals surface area contributed by atoms with Crippen molar-refractivity contribution in [2.75, 3.05) is 6.61 Å². The Morgan fingerprint density at radius 2 is 2.53 bits per heavy atom. The largest absolute Gasteiger partial charge is 0.364 e. The van der Waals surface area contributed by atoms with E-state index in [0.29, 0.717) is 6.61 Å². The lowest BCUT2D eigenvalue weighted by atomic mass is 10.2. The van der Waals surface area contributed by atoms with Gasteiger partial charge >= 0.3 is 0 Å². The lowest BCUT2D eigenvalue weighted by Gasteiger charge is -2.21. The van der Waals surface area contributed by atoms with Crippen LogP contribution in [0.3, 0.4) is 0 Å². The molecule has 0 spiro atoms. The number of ether oxygens (including phenoxy) is 1. The van der Waals surface area contributed by atoms with Crippen molar-refractivity contribution in [2.24, 2.45) is 0 Å². The molecule has 0 radical (unpaired) electrons. The average molecular weight is 212 g/mol. The van der Waals surface area contributed by atoms with Crippen LogP contribution in [-0.2, 0) is 9.57 Å². The molecule has 1 unspecified atom stereocenters. The van der Waals surface area contributed by atoms with Gasteiger partial charge in [-0.3, -0.25) is 4.79 Å². The Kier molecular flexibility index (Phi) is 3.31. The summed E-state index contributed by atoms with van der Waals surface area (Å²) in [6.45, 7) is 0.671. The van der Waals surface area contributed by atoms with Gasteiger partial charge in [-0.25, -0.2) is 10.3 Å². The second kappa shape index (κ2) is 4.90. The molecule has 1 aromatic rings. The number of aromatic nitrogens is 1. The van der Waals surface area contributed by atoms with Gasteiger partial charge in [0, 0.05) is 19.1 Å². The Morgan fingerprint density at radius 3 is 3.20 bits per heavy atom. The van der Waals surface area contributed by atoms with Gasteiger partial charge in [-0.15, -0.1) is 0 Å². The van der Waals surface area contributed by atoms with Crippen LogP contribution in [0.4, 0.5) is 0 Å². The second-order valence-electron chi connectivity index (χ2n) is 3.23. The Morgan fingerprint density at radius 1 is 1.60 bits per heavy atom. The molecule has 2 rings (SSSR count). The Labute approximate surface area is 86.5 Å². The highest BCUT2D eigenvalue weighted by molar-refractivity contribution is 5.91. The second-order valence-corrected chi connectivity index (χ2v) is 3.23. The van der Waals surface area contributed by atoms with Gasteiger partial charge in [-0.05, 0) is 12.8 Å². The summed E-state index contributed by atoms with van der Waals surface area (Å²) in [5, 5.41) is 3.47. The van der Waals surface area contributed by atoms with E-state index < -0.39 is 5.91 Å². The Bertz CT molecular complexity index is 306. The van der Waals surface area contributed by atoms with E-state index in [1.54, 1.807) is 0 Å². The maximum atomic E-state index is 11.3. The van der Waals surface area contributed by atoms with Crippen LogP contribution in [0.5, 0.6) is 0 Å². The minimum atomic E-state index is -0.432. The summed E-state index contributed by atoms with van der Waals surface area (Å²) < 4.78 is 9.79. The monoisotopic (exact) mass is 212 g/mol. The van der Waals surface area contributed by atoms with E-state index in [1.165, 1.54) is 12.3 Å². The summed E-state index contributed by atoms with van der Waals surface area (Å²) in [4.78, 5) is 16.4. The van der Waals surface area contributed by atoms with E-state index in [1.807, 2.05) is 0 Å². The number of nitrogens with zero attached hydrogens (tertiary/aromatic N) is 1. The van der Waals surface area contributed by atoms with Gasteiger partial charge in [0.25, 0.3) is 5.91 Å². The minimum Gasteiger partial charge on any atom is -0.364 e. The van der Waals surface area contributed by atoms with E-state index >= 15 is 0 Å². The zero-order valence-electron chi connectivity index (χ0n) is 8.14. The molecule has 6 nitrogen and oxygen atoms in total. The fourth-order valence-electron chi connectivity index (χ4n) is 1.31. The molecular weight excluding hydrogens is 200 g/mol. The van der Waals surface area contributed by atoms with Crippen LogP contribution < -0.4 is 5.48 Å². The zero-order valence-corrected chi connectivity index (χ0v) is 8.14. The van der Waals surface area contributed by atoms with Crippen LogP contribution in [0.25, 0.3) is 0 Å². The number of hydrogen-bond donors (Lipinski definition) is 1. The van der Waals surface area contributed by atoms with Crippen molar-refractivity contribution in [3.8, 4) is 0 Å². The van der Waals surface area contributed by atoms with Gasteiger partial charge in [0.2, 0.25) is 0 Å². The van der Waals surface area contributed by atoms with E-state index in [0.717, 1.165) is 19.3 Å². The van der Waals surface area contributed by atoms with Crippen molar-refractivity contribution in [1.29, 1.82) is 0 Å². The van der Waals surface area contributed by atoms with Crippen molar-refractivity contribution in [1.82, 2.24) is 10.6 Å². The summed E-state index contributed by atoms with van der Waals surface area (Å²) in [6.07, 6.45) is 3.85. The van der Waals surface area contributed by atoms with Gasteiger partial charge in [-0.1, -0.05) is 5.16 Å². The van der Waals surface area contributed by atoms with Crippen LogP contribution >= 0.6 is 0 Å². The molecule has 0 bridgehead atoms. The predicted molar refractivity (Wildman–Crippen MR) is 48.6 cm³/mol. The van der Waals surface area contributed by atoms with Crippen LogP contribution in [0.2, 0.25) is 0 Å². The molecule has 0 aromatic carbocycles. The summed E-state index contributed by atoms with van der Waals surface area (Å²) in [5.74, 6) is -0.432. The van der Waals surface area contributed by atoms with Gasteiger partial charge in [0.1, 0.15) is 6.26 Å². The molecule has 1 atom stereocenters. The molecule has 15 heavy (non-hydrogen) atoms. The van der Waals surface area contributed by atoms with Gasteiger partial charge in [0.15, 0.2) is 12.0 Å². The predicted octanol–water partition coefficient (Wildman–Crippen LogP) is 0.863. The molecular formula is C9H12N2O4. The molecule has 6 heteroatoms. The first kappa shape index (κ1) is 10.1. The molecule has 1 fully saturated rings. The molecule has 1 aliphatic rings. The van der Waals surface area contributed by atoms with Crippen molar-refractivity contribution < 1.29 is 18.9 Å². The number of hydroxylamine groups is 1. The van der Waals surface area contributed by atoms with Crippen molar-refractivity contribution in [3.63, 3.8) is 0 Å². The highest BCUT2D eigenvalue weighted by atomic mass is 16.8. The highest BCUT2D eigenvalue weighted by Gasteiger charge is 2.17. The summed E-state index contributed by atoms with van der Waals surface area (Å²) in [5.41, 5.74) is 2.45. The minimum absolute atomic E-state index is 0.186. The van der Waals surface area contributed by atoms with Crippen LogP contribution in [0.15, 0.2) is 16.9 Å². The topological polar surface area (TPSA) is 73.6 Å². The van der Waals surface area contributed by atoms with Crippen molar-refractivity contribution in [3.05, 3.63) is 18.0 Å². The molecule has 0 aliphatic carbocycles. The number of carbonyl (C=O) groups excluding carboxylic acids is 1. The van der Waals surface area contributed by atoms with E-state index in [2.05, 4.69) is 15.2 Å². The zero-order chi connectivity index (χ0) is 10.5. The SMILES string of the molecule is O=C(NOC1CCCCO1)c1ccon1. The standard InChI is InChI=1S/C9H12N2O4/c12-9(7-4-6-14-10-7)11-15-8-3-1-2-5-13-8/h4,6,8H,1-3,5H2,(H,11,12). The summed E-state index contributed by atoms with van der Waals surface area (Å²) in [6, 6.07) is 1.46. The van der Waals surface area contributed by atoms with Gasteiger partial charge < -0.3 is 9.26 Å². The number of hydrogen-bond acceptors (Lipinski definition) is 5. The fraction of sp³-hybridized carbons (Fsp3) is 0.556. The molecule has 1 saturated heterocycles. The van der Waals surface area contributed by atoms with Crippen LogP contribution in [-0.4, -0.2) is 24.0 Å². The van der Waals surface area contributed by atoms with E-state index in [9.17, 15) is 4.79 Å². The summed E-state index contributed by atoms with van der Waals surface area (Å²) >= 11 is 0. The lowest BCUT2D eigenvalue weighted by molar-refractivity contribution is -0.186. The van der Waals surface area contributed by atoms with Crippen LogP contribution in [0.1, 0.15) is 29.8 Å². The molecule has 1 aliphatic heterocycles. The Balaban J connectivity index is 1.75. The van der Waals surface area contributed by atoms with Crippen LogP contribution in [0, 0.1) is 0 Å². The molecule has 1 aromatic heterocycles. The number of carbonyl (C=O) groups is 1. The first-order valence-corrected chi connectivity index (χ1v) is 4.84. The third kappa shape index (κ3) is 2.77. The Hall–Kier alpha value is -1.40. The normalized spacial score (nSPS) is 21.2. The van der Waals surface area contributed by atoms with Gasteiger partial charge in [0.05, 0.1) is 0 Å². The third-order valence-electron chi connectivity index (χ3n) is 2.09. The number of rotatable bonds is 3. The molecule has 1 N–H and O–H groups in total. The summed E-state index contributed by atoms with van der Waals surface area (Å²) in [7, 11) is 0. The average Bonchev–Trinajstić information content (AvgIpc) is 2.81. The molecule has 2 heterocycles. The van der Waals surface area contributed by atoms with E-state index in [-0.39, 0.29) is 12.0 Å². The van der Waals surface area contributed by atoms with E-state index in [4.69, 9.17) is 9.57 Å².